The molecule has 1 aromatic carbocycles. The third-order valence-corrected chi connectivity index (χ3v) is 3.77. The molecule has 18 heavy (non-hydrogen) atoms. The molecule has 0 amide bonds. The summed E-state index contributed by atoms with van der Waals surface area (Å²) in [5, 5.41) is 8.49. The zero-order valence-corrected chi connectivity index (χ0v) is 10.6. The van der Waals surface area contributed by atoms with Crippen LogP contribution in [0.1, 0.15) is 30.9 Å². The highest BCUT2D eigenvalue weighted by molar-refractivity contribution is 5.34. The van der Waals surface area contributed by atoms with Gasteiger partial charge in [0.15, 0.2) is 0 Å². The Kier molecular flexibility index (Phi) is 2.67. The Hall–Kier alpha value is -1.68. The van der Waals surface area contributed by atoms with Crippen LogP contribution in [0.15, 0.2) is 30.3 Å². The van der Waals surface area contributed by atoms with E-state index >= 15 is 0 Å². The van der Waals surface area contributed by atoms with E-state index in [0.717, 1.165) is 36.6 Å². The zero-order chi connectivity index (χ0) is 12.6. The molecule has 1 heterocycles. The third kappa shape index (κ3) is 1.93. The second-order valence-corrected chi connectivity index (χ2v) is 5.23. The van der Waals surface area contributed by atoms with Gasteiger partial charge < -0.3 is 5.73 Å². The van der Waals surface area contributed by atoms with Crippen molar-refractivity contribution in [2.75, 3.05) is 0 Å². The van der Waals surface area contributed by atoms with Crippen LogP contribution >= 0.6 is 0 Å². The molecule has 1 aliphatic carbocycles. The van der Waals surface area contributed by atoms with Gasteiger partial charge in [0, 0.05) is 17.6 Å². The standard InChI is InChI=1S/C14H18N4/c1-11-16-17-13(10-14(15)8-5-9-14)18(11)12-6-3-2-4-7-12/h2-4,6-7H,5,8-10,15H2,1H3. The van der Waals surface area contributed by atoms with Crippen molar-refractivity contribution in [2.45, 2.75) is 38.1 Å². The fourth-order valence-corrected chi connectivity index (χ4v) is 2.56. The highest BCUT2D eigenvalue weighted by Gasteiger charge is 2.34. The molecule has 0 radical (unpaired) electrons. The van der Waals surface area contributed by atoms with E-state index in [1.165, 1.54) is 6.42 Å². The monoisotopic (exact) mass is 242 g/mol. The van der Waals surface area contributed by atoms with Crippen molar-refractivity contribution in [1.82, 2.24) is 14.8 Å². The maximum absolute atomic E-state index is 6.31. The Balaban J connectivity index is 1.96. The van der Waals surface area contributed by atoms with Crippen LogP contribution in [0.3, 0.4) is 0 Å². The van der Waals surface area contributed by atoms with Crippen LogP contribution in [0.25, 0.3) is 5.69 Å². The molecule has 3 rings (SSSR count). The van der Waals surface area contributed by atoms with E-state index in [0.29, 0.717) is 0 Å². The van der Waals surface area contributed by atoms with E-state index in [1.54, 1.807) is 0 Å². The molecular formula is C14H18N4. The third-order valence-electron chi connectivity index (χ3n) is 3.77. The van der Waals surface area contributed by atoms with Crippen molar-refractivity contribution in [3.63, 3.8) is 0 Å². The number of rotatable bonds is 3. The lowest BCUT2D eigenvalue weighted by Gasteiger charge is -2.37. The topological polar surface area (TPSA) is 56.7 Å². The van der Waals surface area contributed by atoms with Crippen molar-refractivity contribution in [2.24, 2.45) is 5.73 Å². The second kappa shape index (κ2) is 4.21. The number of aryl methyl sites for hydroxylation is 1. The molecule has 1 aromatic heterocycles. The van der Waals surface area contributed by atoms with Gasteiger partial charge in [0.25, 0.3) is 0 Å². The fourth-order valence-electron chi connectivity index (χ4n) is 2.56. The number of hydrogen-bond donors (Lipinski definition) is 1. The maximum atomic E-state index is 6.31. The molecule has 0 spiro atoms. The van der Waals surface area contributed by atoms with Crippen LogP contribution in [0.5, 0.6) is 0 Å². The molecule has 0 aliphatic heterocycles. The predicted octanol–water partition coefficient (Wildman–Crippen LogP) is 2.00. The lowest BCUT2D eigenvalue weighted by molar-refractivity contribution is 0.242. The van der Waals surface area contributed by atoms with Crippen molar-refractivity contribution in [3.05, 3.63) is 42.0 Å². The van der Waals surface area contributed by atoms with Crippen LogP contribution < -0.4 is 5.73 Å². The Morgan fingerprint density at radius 3 is 2.56 bits per heavy atom. The minimum atomic E-state index is -0.0635. The molecular weight excluding hydrogens is 224 g/mol. The van der Waals surface area contributed by atoms with E-state index in [4.69, 9.17) is 5.73 Å². The molecule has 2 aromatic rings. The van der Waals surface area contributed by atoms with Gasteiger partial charge >= 0.3 is 0 Å². The number of aromatic nitrogens is 3. The van der Waals surface area contributed by atoms with Gasteiger partial charge in [-0.05, 0) is 38.3 Å². The van der Waals surface area contributed by atoms with Gasteiger partial charge in [-0.1, -0.05) is 18.2 Å². The van der Waals surface area contributed by atoms with Crippen LogP contribution in [0.2, 0.25) is 0 Å². The average molecular weight is 242 g/mol. The van der Waals surface area contributed by atoms with Gasteiger partial charge in [-0.15, -0.1) is 10.2 Å². The summed E-state index contributed by atoms with van der Waals surface area (Å²) in [5.41, 5.74) is 7.36. The SMILES string of the molecule is Cc1nnc(CC2(N)CCC2)n1-c1ccccc1. The molecule has 0 atom stereocenters. The van der Waals surface area contributed by atoms with Gasteiger partial charge in [-0.2, -0.15) is 0 Å². The second-order valence-electron chi connectivity index (χ2n) is 5.23. The number of hydrogen-bond acceptors (Lipinski definition) is 3. The van der Waals surface area contributed by atoms with Gasteiger partial charge in [0.2, 0.25) is 0 Å². The summed E-state index contributed by atoms with van der Waals surface area (Å²) in [4.78, 5) is 0. The molecule has 94 valence electrons. The normalized spacial score (nSPS) is 17.4. The highest BCUT2D eigenvalue weighted by Crippen LogP contribution is 2.32. The largest absolute Gasteiger partial charge is 0.325 e. The lowest BCUT2D eigenvalue weighted by Crippen LogP contribution is -2.48. The summed E-state index contributed by atoms with van der Waals surface area (Å²) in [6.07, 6.45) is 4.22. The summed E-state index contributed by atoms with van der Waals surface area (Å²) < 4.78 is 2.10. The lowest BCUT2D eigenvalue weighted by atomic mass is 9.75. The van der Waals surface area contributed by atoms with E-state index in [1.807, 2.05) is 25.1 Å². The first-order chi connectivity index (χ1) is 8.68. The molecule has 1 saturated carbocycles. The van der Waals surface area contributed by atoms with Crippen molar-refractivity contribution < 1.29 is 0 Å². The number of nitrogens with zero attached hydrogens (tertiary/aromatic N) is 3. The van der Waals surface area contributed by atoms with Crippen LogP contribution in [-0.2, 0) is 6.42 Å². The van der Waals surface area contributed by atoms with Crippen LogP contribution in [0, 0.1) is 6.92 Å². The van der Waals surface area contributed by atoms with E-state index in [2.05, 4.69) is 26.9 Å². The molecule has 1 fully saturated rings. The van der Waals surface area contributed by atoms with Crippen LogP contribution in [0.4, 0.5) is 0 Å². The Labute approximate surface area is 107 Å². The smallest absolute Gasteiger partial charge is 0.139 e. The molecule has 2 N–H and O–H groups in total. The first-order valence-electron chi connectivity index (χ1n) is 6.43. The Bertz CT molecular complexity index is 540. The molecule has 0 saturated heterocycles. The average Bonchev–Trinajstić information content (AvgIpc) is 2.69. The Morgan fingerprint density at radius 1 is 1.22 bits per heavy atom. The highest BCUT2D eigenvalue weighted by atomic mass is 15.3. The van der Waals surface area contributed by atoms with Gasteiger partial charge in [0.05, 0.1) is 0 Å². The molecule has 0 unspecified atom stereocenters. The maximum Gasteiger partial charge on any atom is 0.139 e. The van der Waals surface area contributed by atoms with Crippen LogP contribution in [-0.4, -0.2) is 20.3 Å². The molecule has 4 heteroatoms. The van der Waals surface area contributed by atoms with Gasteiger partial charge in [0.1, 0.15) is 11.6 Å². The zero-order valence-electron chi connectivity index (χ0n) is 10.6. The molecule has 4 nitrogen and oxygen atoms in total. The first-order valence-corrected chi connectivity index (χ1v) is 6.43. The van der Waals surface area contributed by atoms with Crippen molar-refractivity contribution in [1.29, 1.82) is 0 Å². The summed E-state index contributed by atoms with van der Waals surface area (Å²) in [6.45, 7) is 1.98. The van der Waals surface area contributed by atoms with Crippen molar-refractivity contribution in [3.8, 4) is 5.69 Å². The summed E-state index contributed by atoms with van der Waals surface area (Å²) in [7, 11) is 0. The number of para-hydroxylation sites is 1. The van der Waals surface area contributed by atoms with E-state index in [-0.39, 0.29) is 5.54 Å². The fraction of sp³-hybridized carbons (Fsp3) is 0.429. The quantitative estimate of drug-likeness (QED) is 0.895. The minimum Gasteiger partial charge on any atom is -0.325 e. The summed E-state index contributed by atoms with van der Waals surface area (Å²) in [6, 6.07) is 10.2. The molecule has 1 aliphatic rings. The number of nitrogens with two attached hydrogens (primary N) is 1. The van der Waals surface area contributed by atoms with Gasteiger partial charge in [-0.25, -0.2) is 0 Å². The van der Waals surface area contributed by atoms with E-state index in [9.17, 15) is 0 Å². The molecule has 0 bridgehead atoms. The van der Waals surface area contributed by atoms with Gasteiger partial charge in [-0.3, -0.25) is 4.57 Å². The van der Waals surface area contributed by atoms with Crippen molar-refractivity contribution >= 4 is 0 Å². The van der Waals surface area contributed by atoms with E-state index < -0.39 is 0 Å². The predicted molar refractivity (Wildman–Crippen MR) is 70.6 cm³/mol. The summed E-state index contributed by atoms with van der Waals surface area (Å²) >= 11 is 0. The first kappa shape index (κ1) is 11.4. The Morgan fingerprint density at radius 2 is 1.94 bits per heavy atom. The number of benzene rings is 1. The minimum absolute atomic E-state index is 0.0635. The summed E-state index contributed by atoms with van der Waals surface area (Å²) in [5.74, 6) is 1.89.